The summed E-state index contributed by atoms with van der Waals surface area (Å²) >= 11 is 0. The van der Waals surface area contributed by atoms with E-state index in [1.807, 2.05) is 48.5 Å². The molecule has 2 amide bonds. The van der Waals surface area contributed by atoms with Crippen LogP contribution in [0.2, 0.25) is 0 Å². The van der Waals surface area contributed by atoms with Crippen molar-refractivity contribution in [1.29, 1.82) is 0 Å². The SMILES string of the molecule is CCC(NC(=O)C(CC(=O)O)NC(=O)OCC1c2ccccc2-c2ccccc21)C(=O)OC. The Morgan fingerprint density at radius 1 is 0.939 bits per heavy atom. The Morgan fingerprint density at radius 3 is 2.03 bits per heavy atom. The van der Waals surface area contributed by atoms with Crippen LogP contribution in [0.1, 0.15) is 36.8 Å². The van der Waals surface area contributed by atoms with Crippen molar-refractivity contribution in [3.8, 4) is 11.1 Å². The fraction of sp³-hybridized carbons (Fsp3) is 0.333. The molecule has 0 fully saturated rings. The molecular formula is C24H26N2O7. The minimum Gasteiger partial charge on any atom is -0.481 e. The Labute approximate surface area is 191 Å². The number of nitrogens with one attached hydrogen (secondary N) is 2. The number of alkyl carbamates (subject to hydrolysis) is 1. The van der Waals surface area contributed by atoms with Gasteiger partial charge in [-0.1, -0.05) is 55.5 Å². The minimum absolute atomic E-state index is 0.0149. The number of hydrogen-bond donors (Lipinski definition) is 3. The number of hydrogen-bond acceptors (Lipinski definition) is 6. The smallest absolute Gasteiger partial charge is 0.407 e. The number of aliphatic carboxylic acids is 1. The van der Waals surface area contributed by atoms with E-state index in [2.05, 4.69) is 15.4 Å². The summed E-state index contributed by atoms with van der Waals surface area (Å²) in [6.45, 7) is 1.67. The fourth-order valence-electron chi connectivity index (χ4n) is 3.91. The molecule has 0 aliphatic heterocycles. The number of benzene rings is 2. The molecule has 0 aromatic heterocycles. The molecule has 3 N–H and O–H groups in total. The maximum Gasteiger partial charge on any atom is 0.407 e. The molecule has 0 spiro atoms. The number of ether oxygens (including phenoxy) is 2. The lowest BCUT2D eigenvalue weighted by Crippen LogP contribution is -2.52. The van der Waals surface area contributed by atoms with Crippen molar-refractivity contribution in [2.45, 2.75) is 37.8 Å². The molecule has 1 aliphatic rings. The van der Waals surface area contributed by atoms with Gasteiger partial charge in [0.2, 0.25) is 5.91 Å². The number of fused-ring (bicyclic) bond motifs is 3. The Balaban J connectivity index is 1.67. The van der Waals surface area contributed by atoms with Crippen LogP contribution in [0.4, 0.5) is 4.79 Å². The van der Waals surface area contributed by atoms with Crippen molar-refractivity contribution in [3.05, 3.63) is 59.7 Å². The molecular weight excluding hydrogens is 428 g/mol. The van der Waals surface area contributed by atoms with E-state index in [9.17, 15) is 19.2 Å². The maximum absolute atomic E-state index is 12.5. The minimum atomic E-state index is -1.42. The molecule has 0 heterocycles. The summed E-state index contributed by atoms with van der Waals surface area (Å²) in [6, 6.07) is 13.3. The summed E-state index contributed by atoms with van der Waals surface area (Å²) in [5, 5.41) is 13.9. The molecule has 9 heteroatoms. The van der Waals surface area contributed by atoms with Crippen molar-refractivity contribution in [3.63, 3.8) is 0 Å². The van der Waals surface area contributed by atoms with Crippen LogP contribution in [0.25, 0.3) is 11.1 Å². The number of methoxy groups -OCH3 is 1. The molecule has 2 atom stereocenters. The fourth-order valence-corrected chi connectivity index (χ4v) is 3.91. The number of esters is 1. The van der Waals surface area contributed by atoms with Gasteiger partial charge in [-0.2, -0.15) is 0 Å². The zero-order valence-corrected chi connectivity index (χ0v) is 18.4. The second-order valence-electron chi connectivity index (χ2n) is 7.61. The van der Waals surface area contributed by atoms with E-state index in [1.165, 1.54) is 7.11 Å². The second kappa shape index (κ2) is 10.6. The van der Waals surface area contributed by atoms with Gasteiger partial charge >= 0.3 is 18.0 Å². The predicted molar refractivity (Wildman–Crippen MR) is 118 cm³/mol. The number of carboxylic acid groups (broad SMARTS) is 1. The number of rotatable bonds is 9. The van der Waals surface area contributed by atoms with Crippen molar-refractivity contribution in [2.75, 3.05) is 13.7 Å². The van der Waals surface area contributed by atoms with Crippen molar-refractivity contribution in [2.24, 2.45) is 0 Å². The molecule has 174 valence electrons. The maximum atomic E-state index is 12.5. The lowest BCUT2D eigenvalue weighted by Gasteiger charge is -2.21. The summed E-state index contributed by atoms with van der Waals surface area (Å²) in [6.07, 6.45) is -1.36. The van der Waals surface area contributed by atoms with Gasteiger partial charge in [-0.05, 0) is 28.7 Å². The van der Waals surface area contributed by atoms with Crippen LogP contribution in [0.3, 0.4) is 0 Å². The summed E-state index contributed by atoms with van der Waals surface area (Å²) in [5.41, 5.74) is 4.18. The highest BCUT2D eigenvalue weighted by Gasteiger charge is 2.31. The molecule has 2 aromatic rings. The highest BCUT2D eigenvalue weighted by atomic mass is 16.5. The highest BCUT2D eigenvalue weighted by molar-refractivity contribution is 5.92. The Kier molecular flexibility index (Phi) is 7.66. The third-order valence-electron chi connectivity index (χ3n) is 5.54. The Morgan fingerprint density at radius 2 is 1.52 bits per heavy atom. The zero-order chi connectivity index (χ0) is 24.0. The zero-order valence-electron chi connectivity index (χ0n) is 18.4. The van der Waals surface area contributed by atoms with Crippen molar-refractivity contribution in [1.82, 2.24) is 10.6 Å². The summed E-state index contributed by atoms with van der Waals surface area (Å²) in [4.78, 5) is 48.0. The number of amides is 2. The number of carboxylic acids is 1. The van der Waals surface area contributed by atoms with Gasteiger partial charge in [-0.15, -0.1) is 0 Å². The number of carbonyl (C=O) groups excluding carboxylic acids is 3. The van der Waals surface area contributed by atoms with E-state index in [1.54, 1.807) is 6.92 Å². The molecule has 33 heavy (non-hydrogen) atoms. The van der Waals surface area contributed by atoms with Gasteiger partial charge in [-0.3, -0.25) is 9.59 Å². The van der Waals surface area contributed by atoms with Gasteiger partial charge < -0.3 is 25.2 Å². The van der Waals surface area contributed by atoms with Crippen LogP contribution in [0, 0.1) is 0 Å². The molecule has 2 unspecified atom stereocenters. The first-order valence-electron chi connectivity index (χ1n) is 10.6. The molecule has 0 radical (unpaired) electrons. The summed E-state index contributed by atoms with van der Waals surface area (Å²) < 4.78 is 10.0. The van der Waals surface area contributed by atoms with Crippen LogP contribution in [0.5, 0.6) is 0 Å². The van der Waals surface area contributed by atoms with Crippen molar-refractivity contribution < 1.29 is 33.8 Å². The standard InChI is InChI=1S/C24H26N2O7/c1-3-19(23(30)32-2)25-22(29)20(12-21(27)28)26-24(31)33-13-18-16-10-6-4-8-14(16)15-9-5-7-11-17(15)18/h4-11,18-20H,3,12-13H2,1-2H3,(H,25,29)(H,26,31)(H,27,28). The Bertz CT molecular complexity index is 1010. The van der Waals surface area contributed by atoms with Gasteiger partial charge in [0, 0.05) is 5.92 Å². The third kappa shape index (κ3) is 5.49. The first-order valence-corrected chi connectivity index (χ1v) is 10.6. The molecule has 0 saturated carbocycles. The van der Waals surface area contributed by atoms with Gasteiger partial charge in [0.25, 0.3) is 0 Å². The molecule has 2 aromatic carbocycles. The Hall–Kier alpha value is -3.88. The highest BCUT2D eigenvalue weighted by Crippen LogP contribution is 2.44. The van der Waals surface area contributed by atoms with Crippen LogP contribution in [0.15, 0.2) is 48.5 Å². The average Bonchev–Trinajstić information content (AvgIpc) is 3.13. The van der Waals surface area contributed by atoms with Crippen LogP contribution in [-0.2, 0) is 23.9 Å². The van der Waals surface area contributed by atoms with Gasteiger partial charge in [0.15, 0.2) is 0 Å². The summed E-state index contributed by atoms with van der Waals surface area (Å²) in [5.74, 6) is -2.96. The van der Waals surface area contributed by atoms with Crippen LogP contribution < -0.4 is 10.6 Å². The summed E-state index contributed by atoms with van der Waals surface area (Å²) in [7, 11) is 1.18. The molecule has 0 saturated heterocycles. The van der Waals surface area contributed by atoms with E-state index in [0.29, 0.717) is 0 Å². The van der Waals surface area contributed by atoms with Gasteiger partial charge in [0.05, 0.1) is 13.5 Å². The number of carbonyl (C=O) groups is 4. The van der Waals surface area contributed by atoms with E-state index >= 15 is 0 Å². The van der Waals surface area contributed by atoms with Gasteiger partial charge in [-0.25, -0.2) is 9.59 Å². The van der Waals surface area contributed by atoms with Crippen molar-refractivity contribution >= 4 is 23.9 Å². The van der Waals surface area contributed by atoms with Crippen LogP contribution in [-0.4, -0.2) is 54.8 Å². The van der Waals surface area contributed by atoms with E-state index in [-0.39, 0.29) is 18.9 Å². The lowest BCUT2D eigenvalue weighted by molar-refractivity contribution is -0.145. The lowest BCUT2D eigenvalue weighted by atomic mass is 9.98. The van der Waals surface area contributed by atoms with Crippen LogP contribution >= 0.6 is 0 Å². The monoisotopic (exact) mass is 454 g/mol. The third-order valence-corrected chi connectivity index (χ3v) is 5.54. The second-order valence-corrected chi connectivity index (χ2v) is 7.61. The first kappa shape index (κ1) is 23.8. The average molecular weight is 454 g/mol. The van der Waals surface area contributed by atoms with E-state index < -0.39 is 42.4 Å². The largest absolute Gasteiger partial charge is 0.481 e. The molecule has 0 bridgehead atoms. The first-order chi connectivity index (χ1) is 15.8. The molecule has 3 rings (SSSR count). The molecule has 1 aliphatic carbocycles. The van der Waals surface area contributed by atoms with E-state index in [4.69, 9.17) is 9.84 Å². The normalized spacial score (nSPS) is 13.8. The predicted octanol–water partition coefficient (Wildman–Crippen LogP) is 2.44. The van der Waals surface area contributed by atoms with Gasteiger partial charge in [0.1, 0.15) is 18.7 Å². The topological polar surface area (TPSA) is 131 Å². The van der Waals surface area contributed by atoms with E-state index in [0.717, 1.165) is 22.3 Å². The quantitative estimate of drug-likeness (QED) is 0.496. The molecule has 9 nitrogen and oxygen atoms in total.